The van der Waals surface area contributed by atoms with Crippen LogP contribution in [-0.4, -0.2) is 30.1 Å². The Kier molecular flexibility index (Phi) is 3.74. The molecular weight excluding hydrogens is 269 g/mol. The lowest BCUT2D eigenvalue weighted by atomic mass is 10.0. The second-order valence-electron chi connectivity index (χ2n) is 4.77. The number of alkyl halides is 3. The smallest absolute Gasteiger partial charge is 0.398 e. The molecule has 108 valence electrons. The monoisotopic (exact) mass is 284 g/mol. The third-order valence-electron chi connectivity index (χ3n) is 3.38. The molecule has 1 heterocycles. The summed E-state index contributed by atoms with van der Waals surface area (Å²) in [7, 11) is 0. The molecule has 20 heavy (non-hydrogen) atoms. The van der Waals surface area contributed by atoms with Crippen LogP contribution in [0.1, 0.15) is 22.3 Å². The van der Waals surface area contributed by atoms with Crippen LogP contribution in [0.15, 0.2) is 29.8 Å². The lowest BCUT2D eigenvalue weighted by Crippen LogP contribution is -2.37. The van der Waals surface area contributed by atoms with Crippen molar-refractivity contribution in [3.05, 3.63) is 41.0 Å². The second kappa shape index (κ2) is 5.19. The number of carbonyl (C=O) groups excluding carboxylic acids is 1. The molecule has 0 unspecified atom stereocenters. The third-order valence-corrected chi connectivity index (χ3v) is 3.38. The van der Waals surface area contributed by atoms with Crippen LogP contribution in [0.2, 0.25) is 0 Å². The number of nitrogen functional groups attached to an aromatic ring is 1. The quantitative estimate of drug-likeness (QED) is 0.636. The van der Waals surface area contributed by atoms with Crippen LogP contribution < -0.4 is 5.73 Å². The van der Waals surface area contributed by atoms with E-state index in [-0.39, 0.29) is 25.4 Å². The minimum atomic E-state index is -4.31. The van der Waals surface area contributed by atoms with Gasteiger partial charge in [0, 0.05) is 24.4 Å². The maximum absolute atomic E-state index is 12.5. The first-order valence-corrected chi connectivity index (χ1v) is 6.21. The molecule has 0 bridgehead atoms. The molecule has 0 saturated carbocycles. The molecule has 0 radical (unpaired) electrons. The van der Waals surface area contributed by atoms with Gasteiger partial charge in [-0.1, -0.05) is 18.2 Å². The highest BCUT2D eigenvalue weighted by molar-refractivity contribution is 6.00. The first kappa shape index (κ1) is 14.4. The number of rotatable bonds is 1. The number of halogens is 3. The molecule has 0 spiro atoms. The number of hydrogen-bond acceptors (Lipinski definition) is 2. The molecule has 3 nitrogen and oxygen atoms in total. The second-order valence-corrected chi connectivity index (χ2v) is 4.77. The molecule has 6 heteroatoms. The van der Waals surface area contributed by atoms with Crippen molar-refractivity contribution in [1.82, 2.24) is 4.90 Å². The standard InChI is InChI=1S/C14H15F3N2O/c1-9-3-2-4-11(18)12(9)13(20)19-7-5-10(6-8-19)14(15,16)17/h2-5H,6-8,18H2,1H3. The minimum absolute atomic E-state index is 0.0402. The van der Waals surface area contributed by atoms with Gasteiger partial charge in [0.05, 0.1) is 5.56 Å². The summed E-state index contributed by atoms with van der Waals surface area (Å²) in [6.45, 7) is 1.77. The summed E-state index contributed by atoms with van der Waals surface area (Å²) in [6.07, 6.45) is -3.42. The molecule has 0 fully saturated rings. The third kappa shape index (κ3) is 2.79. The van der Waals surface area contributed by atoms with Crippen LogP contribution in [0.4, 0.5) is 18.9 Å². The topological polar surface area (TPSA) is 46.3 Å². The van der Waals surface area contributed by atoms with Gasteiger partial charge in [-0.05, 0) is 25.0 Å². The van der Waals surface area contributed by atoms with Crippen LogP contribution in [0.5, 0.6) is 0 Å². The van der Waals surface area contributed by atoms with Gasteiger partial charge in [-0.25, -0.2) is 0 Å². The van der Waals surface area contributed by atoms with Gasteiger partial charge in [-0.15, -0.1) is 0 Å². The van der Waals surface area contributed by atoms with E-state index in [0.29, 0.717) is 11.3 Å². The summed E-state index contributed by atoms with van der Waals surface area (Å²) in [4.78, 5) is 13.7. The highest BCUT2D eigenvalue weighted by Crippen LogP contribution is 2.31. The van der Waals surface area contributed by atoms with E-state index in [2.05, 4.69) is 0 Å². The van der Waals surface area contributed by atoms with Gasteiger partial charge in [-0.2, -0.15) is 13.2 Å². The summed E-state index contributed by atoms with van der Waals surface area (Å²) in [5, 5.41) is 0. The Hall–Kier alpha value is -1.98. The normalized spacial score (nSPS) is 16.0. The average molecular weight is 284 g/mol. The zero-order chi connectivity index (χ0) is 14.9. The molecule has 1 amide bonds. The molecule has 1 aliphatic heterocycles. The number of aryl methyl sites for hydroxylation is 1. The van der Waals surface area contributed by atoms with E-state index < -0.39 is 11.7 Å². The van der Waals surface area contributed by atoms with E-state index in [0.717, 1.165) is 11.6 Å². The number of nitrogens with zero attached hydrogens (tertiary/aromatic N) is 1. The van der Waals surface area contributed by atoms with Gasteiger partial charge in [-0.3, -0.25) is 4.79 Å². The Morgan fingerprint density at radius 1 is 1.35 bits per heavy atom. The number of hydrogen-bond donors (Lipinski definition) is 1. The fourth-order valence-electron chi connectivity index (χ4n) is 2.25. The minimum Gasteiger partial charge on any atom is -0.398 e. The number of anilines is 1. The van der Waals surface area contributed by atoms with Crippen LogP contribution >= 0.6 is 0 Å². The maximum atomic E-state index is 12.5. The number of carbonyl (C=O) groups is 1. The van der Waals surface area contributed by atoms with Crippen molar-refractivity contribution in [3.63, 3.8) is 0 Å². The number of benzene rings is 1. The van der Waals surface area contributed by atoms with Crippen molar-refractivity contribution in [2.24, 2.45) is 0 Å². The molecule has 0 saturated heterocycles. The van der Waals surface area contributed by atoms with Crippen LogP contribution in [0.25, 0.3) is 0 Å². The highest BCUT2D eigenvalue weighted by atomic mass is 19.4. The molecule has 1 aromatic rings. The SMILES string of the molecule is Cc1cccc(N)c1C(=O)N1CC=C(C(F)(F)F)CC1. The van der Waals surface area contributed by atoms with Crippen LogP contribution in [-0.2, 0) is 0 Å². The largest absolute Gasteiger partial charge is 0.412 e. The van der Waals surface area contributed by atoms with Gasteiger partial charge in [0.2, 0.25) is 0 Å². The Morgan fingerprint density at radius 2 is 2.05 bits per heavy atom. The Balaban J connectivity index is 2.19. The molecule has 0 atom stereocenters. The highest BCUT2D eigenvalue weighted by Gasteiger charge is 2.35. The summed E-state index contributed by atoms with van der Waals surface area (Å²) in [5.74, 6) is -0.321. The zero-order valence-corrected chi connectivity index (χ0v) is 11.0. The zero-order valence-electron chi connectivity index (χ0n) is 11.0. The van der Waals surface area contributed by atoms with Gasteiger partial charge < -0.3 is 10.6 Å². The van der Waals surface area contributed by atoms with Gasteiger partial charge >= 0.3 is 6.18 Å². The molecule has 0 aliphatic carbocycles. The molecular formula is C14H15F3N2O. The Morgan fingerprint density at radius 3 is 2.55 bits per heavy atom. The van der Waals surface area contributed by atoms with Crippen molar-refractivity contribution in [2.75, 3.05) is 18.8 Å². The van der Waals surface area contributed by atoms with Crippen molar-refractivity contribution in [3.8, 4) is 0 Å². The number of nitrogens with two attached hydrogens (primary N) is 1. The van der Waals surface area contributed by atoms with Gasteiger partial charge in [0.15, 0.2) is 0 Å². The fourth-order valence-corrected chi connectivity index (χ4v) is 2.25. The lowest BCUT2D eigenvalue weighted by Gasteiger charge is -2.28. The Bertz CT molecular complexity index is 544. The molecule has 1 aromatic carbocycles. The summed E-state index contributed by atoms with van der Waals surface area (Å²) >= 11 is 0. The average Bonchev–Trinajstić information content (AvgIpc) is 2.37. The van der Waals surface area contributed by atoms with Crippen molar-refractivity contribution < 1.29 is 18.0 Å². The van der Waals surface area contributed by atoms with Crippen LogP contribution in [0, 0.1) is 6.92 Å². The summed E-state index contributed by atoms with van der Waals surface area (Å²) < 4.78 is 37.6. The van der Waals surface area contributed by atoms with Crippen molar-refractivity contribution in [2.45, 2.75) is 19.5 Å². The van der Waals surface area contributed by atoms with Gasteiger partial charge in [0.1, 0.15) is 0 Å². The van der Waals surface area contributed by atoms with E-state index in [1.807, 2.05) is 0 Å². The summed E-state index contributed by atoms with van der Waals surface area (Å²) in [5.41, 5.74) is 6.65. The van der Waals surface area contributed by atoms with Crippen LogP contribution in [0.3, 0.4) is 0 Å². The molecule has 0 aromatic heterocycles. The summed E-state index contributed by atoms with van der Waals surface area (Å²) in [6, 6.07) is 5.10. The van der Waals surface area contributed by atoms with E-state index in [1.54, 1.807) is 25.1 Å². The maximum Gasteiger partial charge on any atom is 0.412 e. The molecule has 2 rings (SSSR count). The van der Waals surface area contributed by atoms with E-state index in [4.69, 9.17) is 5.73 Å². The van der Waals surface area contributed by atoms with Crippen molar-refractivity contribution in [1.29, 1.82) is 0 Å². The van der Waals surface area contributed by atoms with E-state index in [1.165, 1.54) is 4.90 Å². The fraction of sp³-hybridized carbons (Fsp3) is 0.357. The molecule has 2 N–H and O–H groups in total. The lowest BCUT2D eigenvalue weighted by molar-refractivity contribution is -0.0957. The predicted octanol–water partition coefficient (Wildman–Crippen LogP) is 2.91. The first-order chi connectivity index (χ1) is 9.30. The van der Waals surface area contributed by atoms with Crippen molar-refractivity contribution >= 4 is 11.6 Å². The first-order valence-electron chi connectivity index (χ1n) is 6.21. The predicted molar refractivity (Wildman–Crippen MR) is 70.2 cm³/mol. The number of amides is 1. The van der Waals surface area contributed by atoms with E-state index in [9.17, 15) is 18.0 Å². The van der Waals surface area contributed by atoms with Gasteiger partial charge in [0.25, 0.3) is 5.91 Å². The Labute approximate surface area is 114 Å². The molecule has 1 aliphatic rings. The van der Waals surface area contributed by atoms with E-state index >= 15 is 0 Å².